The van der Waals surface area contributed by atoms with Crippen molar-refractivity contribution in [1.29, 1.82) is 0 Å². The van der Waals surface area contributed by atoms with Crippen LogP contribution in [0.2, 0.25) is 0 Å². The Hall–Kier alpha value is -4.81. The zero-order valence-corrected chi connectivity index (χ0v) is 16.8. The van der Waals surface area contributed by atoms with Crippen LogP contribution in [0.4, 0.5) is 21.6 Å². The SMILES string of the molecule is Nc1cc2nc(C(=O)NCc3ccc(F)c(CNc4c(N)c(=O)c4=O)c3)cc(C(=O)O)n2n1. The van der Waals surface area contributed by atoms with Gasteiger partial charge in [-0.2, -0.15) is 0 Å². The van der Waals surface area contributed by atoms with Crippen LogP contribution >= 0.6 is 0 Å². The Bertz CT molecular complexity index is 1500. The van der Waals surface area contributed by atoms with Gasteiger partial charge >= 0.3 is 5.97 Å². The first-order valence-electron chi connectivity index (χ1n) is 9.43. The van der Waals surface area contributed by atoms with Gasteiger partial charge in [0, 0.05) is 30.8 Å². The number of nitrogen functional groups attached to an aromatic ring is 2. The fourth-order valence-electron chi connectivity index (χ4n) is 3.18. The lowest BCUT2D eigenvalue weighted by Gasteiger charge is -2.12. The molecular formula is C20H16FN7O5. The second-order valence-corrected chi connectivity index (χ2v) is 7.08. The van der Waals surface area contributed by atoms with Gasteiger partial charge in [0.15, 0.2) is 11.3 Å². The van der Waals surface area contributed by atoms with Gasteiger partial charge in [-0.15, -0.1) is 5.10 Å². The molecule has 4 aromatic rings. The molecule has 0 aliphatic heterocycles. The predicted molar refractivity (Wildman–Crippen MR) is 115 cm³/mol. The van der Waals surface area contributed by atoms with E-state index in [2.05, 4.69) is 20.7 Å². The number of anilines is 3. The van der Waals surface area contributed by atoms with E-state index in [4.69, 9.17) is 11.5 Å². The van der Waals surface area contributed by atoms with Crippen molar-refractivity contribution >= 4 is 34.7 Å². The van der Waals surface area contributed by atoms with Crippen molar-refractivity contribution in [3.05, 3.63) is 79.1 Å². The number of halogens is 1. The minimum Gasteiger partial charge on any atom is -0.477 e. The highest BCUT2D eigenvalue weighted by Gasteiger charge is 2.19. The van der Waals surface area contributed by atoms with E-state index in [-0.39, 0.29) is 52.9 Å². The maximum atomic E-state index is 14.1. The highest BCUT2D eigenvalue weighted by molar-refractivity contribution is 5.96. The summed E-state index contributed by atoms with van der Waals surface area (Å²) in [5.74, 6) is -2.51. The third-order valence-corrected chi connectivity index (χ3v) is 4.86. The molecule has 4 rings (SSSR count). The summed E-state index contributed by atoms with van der Waals surface area (Å²) in [6, 6.07) is 6.48. The number of benzene rings is 1. The van der Waals surface area contributed by atoms with E-state index in [1.165, 1.54) is 24.3 Å². The van der Waals surface area contributed by atoms with Crippen LogP contribution in [0.25, 0.3) is 5.65 Å². The van der Waals surface area contributed by atoms with Crippen LogP contribution < -0.4 is 33.0 Å². The number of nitrogens with two attached hydrogens (primary N) is 2. The van der Waals surface area contributed by atoms with Crippen LogP contribution in [-0.4, -0.2) is 31.6 Å². The van der Waals surface area contributed by atoms with Crippen molar-refractivity contribution < 1.29 is 19.1 Å². The summed E-state index contributed by atoms with van der Waals surface area (Å²) in [5, 5.41) is 18.4. The largest absolute Gasteiger partial charge is 0.477 e. The third-order valence-electron chi connectivity index (χ3n) is 4.86. The summed E-state index contributed by atoms with van der Waals surface area (Å²) in [4.78, 5) is 50.7. The van der Waals surface area contributed by atoms with Gasteiger partial charge in [-0.25, -0.2) is 18.7 Å². The van der Waals surface area contributed by atoms with E-state index < -0.39 is 28.6 Å². The molecule has 2 heterocycles. The number of nitrogens with zero attached hydrogens (tertiary/aromatic N) is 3. The molecule has 0 unspecified atom stereocenters. The van der Waals surface area contributed by atoms with Gasteiger partial charge in [0.25, 0.3) is 16.8 Å². The van der Waals surface area contributed by atoms with Crippen molar-refractivity contribution in [2.24, 2.45) is 0 Å². The molecule has 0 saturated carbocycles. The van der Waals surface area contributed by atoms with Crippen molar-refractivity contribution in [3.63, 3.8) is 0 Å². The Morgan fingerprint density at radius 3 is 2.55 bits per heavy atom. The van der Waals surface area contributed by atoms with Crippen LogP contribution in [0.3, 0.4) is 0 Å². The first-order valence-corrected chi connectivity index (χ1v) is 9.43. The molecule has 2 aromatic heterocycles. The molecule has 0 bridgehead atoms. The number of carboxylic acid groups (broad SMARTS) is 1. The normalized spacial score (nSPS) is 11.1. The molecule has 168 valence electrons. The number of amides is 1. The summed E-state index contributed by atoms with van der Waals surface area (Å²) < 4.78 is 15.1. The van der Waals surface area contributed by atoms with E-state index in [1.807, 2.05) is 0 Å². The van der Waals surface area contributed by atoms with Gasteiger partial charge < -0.3 is 27.2 Å². The van der Waals surface area contributed by atoms with Gasteiger partial charge in [-0.1, -0.05) is 6.07 Å². The predicted octanol–water partition coefficient (Wildman–Crippen LogP) is -0.131. The summed E-state index contributed by atoms with van der Waals surface area (Å²) in [6.07, 6.45) is 0. The lowest BCUT2D eigenvalue weighted by molar-refractivity contribution is 0.0687. The fourth-order valence-corrected chi connectivity index (χ4v) is 3.18. The van der Waals surface area contributed by atoms with Crippen LogP contribution in [-0.2, 0) is 13.1 Å². The van der Waals surface area contributed by atoms with E-state index in [9.17, 15) is 28.7 Å². The van der Waals surface area contributed by atoms with Gasteiger partial charge in [0.1, 0.15) is 28.7 Å². The number of hydrogen-bond acceptors (Lipinski definition) is 9. The van der Waals surface area contributed by atoms with E-state index >= 15 is 0 Å². The highest BCUT2D eigenvalue weighted by Crippen LogP contribution is 2.16. The molecule has 0 atom stereocenters. The average Bonchev–Trinajstić information content (AvgIpc) is 3.17. The Morgan fingerprint density at radius 2 is 1.85 bits per heavy atom. The third kappa shape index (κ3) is 3.94. The monoisotopic (exact) mass is 453 g/mol. The molecule has 0 aliphatic rings. The van der Waals surface area contributed by atoms with Gasteiger partial charge in [0.05, 0.1) is 0 Å². The number of carboxylic acids is 1. The molecule has 13 heteroatoms. The zero-order chi connectivity index (χ0) is 23.9. The molecule has 7 N–H and O–H groups in total. The van der Waals surface area contributed by atoms with E-state index in [0.717, 1.165) is 10.6 Å². The Labute approximate surface area is 183 Å². The van der Waals surface area contributed by atoms with Gasteiger partial charge in [-0.3, -0.25) is 14.4 Å². The Balaban J connectivity index is 1.48. The van der Waals surface area contributed by atoms with E-state index in [0.29, 0.717) is 5.56 Å². The van der Waals surface area contributed by atoms with Crippen molar-refractivity contribution in [1.82, 2.24) is 19.9 Å². The Morgan fingerprint density at radius 1 is 1.09 bits per heavy atom. The molecule has 1 amide bonds. The molecule has 0 aliphatic carbocycles. The van der Waals surface area contributed by atoms with E-state index in [1.54, 1.807) is 0 Å². The van der Waals surface area contributed by atoms with Crippen molar-refractivity contribution in [2.45, 2.75) is 13.1 Å². The molecule has 0 fully saturated rings. The Kier molecular flexibility index (Phi) is 5.21. The summed E-state index contributed by atoms with van der Waals surface area (Å²) in [7, 11) is 0. The molecular weight excluding hydrogens is 437 g/mol. The lowest BCUT2D eigenvalue weighted by Crippen LogP contribution is -2.37. The molecule has 0 spiro atoms. The van der Waals surface area contributed by atoms with Crippen LogP contribution in [0, 0.1) is 5.82 Å². The lowest BCUT2D eigenvalue weighted by atomic mass is 10.1. The molecule has 0 radical (unpaired) electrons. The molecule has 2 aromatic carbocycles. The number of rotatable bonds is 7. The van der Waals surface area contributed by atoms with Crippen LogP contribution in [0.15, 0.2) is 39.9 Å². The van der Waals surface area contributed by atoms with Gasteiger partial charge in [-0.05, 0) is 17.7 Å². The molecule has 0 saturated heterocycles. The maximum absolute atomic E-state index is 14.1. The first kappa shape index (κ1) is 21.4. The molecule has 12 nitrogen and oxygen atoms in total. The number of aromatic nitrogens is 3. The topological polar surface area (TPSA) is 195 Å². The number of nitrogens with one attached hydrogen (secondary N) is 2. The summed E-state index contributed by atoms with van der Waals surface area (Å²) in [6.45, 7) is -0.128. The number of aromatic carboxylic acids is 1. The smallest absolute Gasteiger partial charge is 0.354 e. The number of hydrogen-bond donors (Lipinski definition) is 5. The van der Waals surface area contributed by atoms with Crippen LogP contribution in [0.1, 0.15) is 32.1 Å². The second kappa shape index (κ2) is 8.03. The summed E-state index contributed by atoms with van der Waals surface area (Å²) >= 11 is 0. The average molecular weight is 453 g/mol. The number of carbonyl (C=O) groups is 2. The quantitative estimate of drug-likeness (QED) is 0.235. The fraction of sp³-hybridized carbons (Fsp3) is 0.100. The minimum atomic E-state index is -1.32. The van der Waals surface area contributed by atoms with Crippen molar-refractivity contribution in [3.8, 4) is 0 Å². The summed E-state index contributed by atoms with van der Waals surface area (Å²) in [5.41, 5.74) is 9.53. The maximum Gasteiger partial charge on any atom is 0.354 e. The zero-order valence-electron chi connectivity index (χ0n) is 16.8. The van der Waals surface area contributed by atoms with Gasteiger partial charge in [0.2, 0.25) is 0 Å². The number of fused-ring (bicyclic) bond motifs is 1. The first-order chi connectivity index (χ1) is 15.7. The minimum absolute atomic E-state index is 0.0228. The second-order valence-electron chi connectivity index (χ2n) is 7.08. The van der Waals surface area contributed by atoms with Crippen molar-refractivity contribution in [2.75, 3.05) is 16.8 Å². The standard InChI is InChI=1S/C20H16FN7O5/c21-10-2-1-8(3-9(10)7-24-16-15(23)17(29)18(16)30)6-25-19(31)11-4-12(20(32)33)28-14(26-11)5-13(22)27-28/h1-5,24H,6-7,23H2,(H2,22,27)(H,25,31)(H,32,33). The van der Waals surface area contributed by atoms with Crippen LogP contribution in [0.5, 0.6) is 0 Å². The number of carbonyl (C=O) groups excluding carboxylic acids is 1. The molecule has 33 heavy (non-hydrogen) atoms. The highest BCUT2D eigenvalue weighted by atomic mass is 19.1.